The minimum absolute atomic E-state index is 0.149. The van der Waals surface area contributed by atoms with E-state index in [1.54, 1.807) is 16.9 Å². The van der Waals surface area contributed by atoms with Gasteiger partial charge < -0.3 is 5.32 Å². The smallest absolute Gasteiger partial charge is 0.308 e. The Labute approximate surface area is 121 Å². The number of nitrogens with one attached hydrogen (secondary N) is 1. The maximum atomic E-state index is 12.7. The van der Waals surface area contributed by atoms with Crippen molar-refractivity contribution in [2.24, 2.45) is 0 Å². The molecule has 2 rings (SSSR count). The molecule has 114 valence electrons. The van der Waals surface area contributed by atoms with Crippen molar-refractivity contribution in [3.05, 3.63) is 53.3 Å². The van der Waals surface area contributed by atoms with Crippen LogP contribution in [0.5, 0.6) is 0 Å². The van der Waals surface area contributed by atoms with Crippen LogP contribution in [0.4, 0.5) is 13.2 Å². The Kier molecular flexibility index (Phi) is 4.67. The standard InChI is InChI=1S/C15H18F3N3/c1-11-9-20-21(10-11)7-6-19-12(2)13-4-3-5-14(8-13)15(16,17)18/h3-5,8-10,12,19H,6-7H2,1-2H3. The first-order valence-corrected chi connectivity index (χ1v) is 6.76. The van der Waals surface area contributed by atoms with Crippen molar-refractivity contribution in [2.45, 2.75) is 32.6 Å². The molecular weight excluding hydrogens is 279 g/mol. The van der Waals surface area contributed by atoms with Crippen LogP contribution in [0.1, 0.15) is 29.7 Å². The highest BCUT2D eigenvalue weighted by Gasteiger charge is 2.30. The van der Waals surface area contributed by atoms with Gasteiger partial charge >= 0.3 is 6.18 Å². The number of hydrogen-bond acceptors (Lipinski definition) is 2. The fourth-order valence-electron chi connectivity index (χ4n) is 2.09. The molecule has 0 radical (unpaired) electrons. The van der Waals surface area contributed by atoms with Gasteiger partial charge in [-0.3, -0.25) is 4.68 Å². The van der Waals surface area contributed by atoms with Gasteiger partial charge in [-0.2, -0.15) is 18.3 Å². The second-order valence-electron chi connectivity index (χ2n) is 5.08. The average Bonchev–Trinajstić information content (AvgIpc) is 2.83. The molecule has 0 amide bonds. The lowest BCUT2D eigenvalue weighted by atomic mass is 10.0. The zero-order valence-corrected chi connectivity index (χ0v) is 12.0. The van der Waals surface area contributed by atoms with Crippen LogP contribution >= 0.6 is 0 Å². The van der Waals surface area contributed by atoms with E-state index in [0.29, 0.717) is 18.7 Å². The Balaban J connectivity index is 1.92. The minimum Gasteiger partial charge on any atom is -0.308 e. The normalized spacial score (nSPS) is 13.4. The molecule has 1 heterocycles. The van der Waals surface area contributed by atoms with Gasteiger partial charge in [0.1, 0.15) is 0 Å². The predicted octanol–water partition coefficient (Wildman–Crippen LogP) is 3.56. The molecule has 2 aromatic rings. The van der Waals surface area contributed by atoms with Crippen LogP contribution in [0.3, 0.4) is 0 Å². The number of aryl methyl sites for hydroxylation is 1. The van der Waals surface area contributed by atoms with Crippen LogP contribution in [0.2, 0.25) is 0 Å². The number of aromatic nitrogens is 2. The lowest BCUT2D eigenvalue weighted by Gasteiger charge is -2.16. The summed E-state index contributed by atoms with van der Waals surface area (Å²) < 4.78 is 39.8. The molecule has 0 aliphatic rings. The number of alkyl halides is 3. The van der Waals surface area contributed by atoms with E-state index in [-0.39, 0.29) is 6.04 Å². The first kappa shape index (κ1) is 15.6. The molecule has 0 aliphatic heterocycles. The van der Waals surface area contributed by atoms with Crippen molar-refractivity contribution < 1.29 is 13.2 Å². The Morgan fingerprint density at radius 1 is 1.33 bits per heavy atom. The first-order chi connectivity index (χ1) is 9.86. The van der Waals surface area contributed by atoms with E-state index >= 15 is 0 Å². The van der Waals surface area contributed by atoms with E-state index in [1.807, 2.05) is 20.0 Å². The lowest BCUT2D eigenvalue weighted by Crippen LogP contribution is -2.23. The maximum Gasteiger partial charge on any atom is 0.416 e. The quantitative estimate of drug-likeness (QED) is 0.914. The monoisotopic (exact) mass is 297 g/mol. The topological polar surface area (TPSA) is 29.9 Å². The molecule has 0 fully saturated rings. The molecule has 0 saturated carbocycles. The highest BCUT2D eigenvalue weighted by atomic mass is 19.4. The van der Waals surface area contributed by atoms with Gasteiger partial charge in [-0.25, -0.2) is 0 Å². The summed E-state index contributed by atoms with van der Waals surface area (Å²) in [7, 11) is 0. The Hall–Kier alpha value is -1.82. The van der Waals surface area contributed by atoms with Crippen molar-refractivity contribution in [1.29, 1.82) is 0 Å². The van der Waals surface area contributed by atoms with Crippen LogP contribution in [0.15, 0.2) is 36.7 Å². The molecule has 1 N–H and O–H groups in total. The predicted molar refractivity (Wildman–Crippen MR) is 74.8 cm³/mol. The third kappa shape index (κ3) is 4.32. The van der Waals surface area contributed by atoms with Gasteiger partial charge in [0, 0.05) is 18.8 Å². The summed E-state index contributed by atoms with van der Waals surface area (Å²) in [6.45, 7) is 5.13. The fourth-order valence-corrected chi connectivity index (χ4v) is 2.09. The van der Waals surface area contributed by atoms with Crippen molar-refractivity contribution in [1.82, 2.24) is 15.1 Å². The summed E-state index contributed by atoms with van der Waals surface area (Å²) >= 11 is 0. The number of rotatable bonds is 5. The zero-order chi connectivity index (χ0) is 15.5. The van der Waals surface area contributed by atoms with E-state index in [0.717, 1.165) is 11.6 Å². The molecule has 0 aliphatic carbocycles. The van der Waals surface area contributed by atoms with Crippen LogP contribution in [0, 0.1) is 6.92 Å². The molecule has 1 aromatic heterocycles. The van der Waals surface area contributed by atoms with Crippen LogP contribution < -0.4 is 5.32 Å². The van der Waals surface area contributed by atoms with Gasteiger partial charge in [0.15, 0.2) is 0 Å². The van der Waals surface area contributed by atoms with E-state index in [9.17, 15) is 13.2 Å². The molecule has 0 saturated heterocycles. The zero-order valence-electron chi connectivity index (χ0n) is 12.0. The highest BCUT2D eigenvalue weighted by Crippen LogP contribution is 2.30. The number of nitrogens with zero attached hydrogens (tertiary/aromatic N) is 2. The van der Waals surface area contributed by atoms with Gasteiger partial charge in [0.2, 0.25) is 0 Å². The summed E-state index contributed by atoms with van der Waals surface area (Å²) in [5, 5.41) is 7.37. The number of halogens is 3. The van der Waals surface area contributed by atoms with Gasteiger partial charge in [-0.05, 0) is 37.1 Å². The maximum absolute atomic E-state index is 12.7. The molecule has 1 atom stereocenters. The van der Waals surface area contributed by atoms with E-state index in [4.69, 9.17) is 0 Å². The third-order valence-corrected chi connectivity index (χ3v) is 3.27. The largest absolute Gasteiger partial charge is 0.416 e. The van der Waals surface area contributed by atoms with Gasteiger partial charge in [0.25, 0.3) is 0 Å². The molecule has 0 spiro atoms. The van der Waals surface area contributed by atoms with Crippen LogP contribution in [-0.4, -0.2) is 16.3 Å². The number of hydrogen-bond donors (Lipinski definition) is 1. The Morgan fingerprint density at radius 3 is 2.71 bits per heavy atom. The minimum atomic E-state index is -4.30. The van der Waals surface area contributed by atoms with Gasteiger partial charge in [-0.15, -0.1) is 0 Å². The van der Waals surface area contributed by atoms with Gasteiger partial charge in [0.05, 0.1) is 18.3 Å². The fraction of sp³-hybridized carbons (Fsp3) is 0.400. The summed E-state index contributed by atoms with van der Waals surface area (Å²) in [6.07, 6.45) is -0.602. The molecule has 21 heavy (non-hydrogen) atoms. The third-order valence-electron chi connectivity index (χ3n) is 3.27. The summed E-state index contributed by atoms with van der Waals surface area (Å²) in [5.41, 5.74) is 1.10. The molecule has 1 aromatic carbocycles. The first-order valence-electron chi connectivity index (χ1n) is 6.76. The number of benzene rings is 1. The van der Waals surface area contributed by atoms with E-state index in [1.165, 1.54) is 12.1 Å². The molecular formula is C15H18F3N3. The van der Waals surface area contributed by atoms with Crippen molar-refractivity contribution >= 4 is 0 Å². The second-order valence-corrected chi connectivity index (χ2v) is 5.08. The summed E-state index contributed by atoms with van der Waals surface area (Å²) in [5.74, 6) is 0. The molecule has 0 bridgehead atoms. The summed E-state index contributed by atoms with van der Waals surface area (Å²) in [6, 6.07) is 5.26. The van der Waals surface area contributed by atoms with E-state index < -0.39 is 11.7 Å². The van der Waals surface area contributed by atoms with Crippen LogP contribution in [0.25, 0.3) is 0 Å². The lowest BCUT2D eigenvalue weighted by molar-refractivity contribution is -0.137. The van der Waals surface area contributed by atoms with E-state index in [2.05, 4.69) is 10.4 Å². The molecule has 1 unspecified atom stereocenters. The summed E-state index contributed by atoms with van der Waals surface area (Å²) in [4.78, 5) is 0. The molecule has 3 nitrogen and oxygen atoms in total. The van der Waals surface area contributed by atoms with Gasteiger partial charge in [-0.1, -0.05) is 12.1 Å². The van der Waals surface area contributed by atoms with Crippen molar-refractivity contribution in [3.8, 4) is 0 Å². The van der Waals surface area contributed by atoms with Crippen LogP contribution in [-0.2, 0) is 12.7 Å². The molecule has 6 heteroatoms. The average molecular weight is 297 g/mol. The van der Waals surface area contributed by atoms with Crippen molar-refractivity contribution in [2.75, 3.05) is 6.54 Å². The Morgan fingerprint density at radius 2 is 2.10 bits per heavy atom. The SMILES string of the molecule is Cc1cnn(CCNC(C)c2cccc(C(F)(F)F)c2)c1. The van der Waals surface area contributed by atoms with Crippen molar-refractivity contribution in [3.63, 3.8) is 0 Å². The highest BCUT2D eigenvalue weighted by molar-refractivity contribution is 5.27. The Bertz CT molecular complexity index is 590. The second kappa shape index (κ2) is 6.30.